The third-order valence-corrected chi connectivity index (χ3v) is 5.42. The maximum atomic E-state index is 14.7. The van der Waals surface area contributed by atoms with Gasteiger partial charge in [0.25, 0.3) is 5.91 Å². The Morgan fingerprint density at radius 3 is 2.81 bits per heavy atom. The molecule has 2 aromatic heterocycles. The molecular formula is C24H27FN8O3. The Bertz CT molecular complexity index is 1330. The number of hydrogen-bond acceptors (Lipinski definition) is 10. The number of amides is 1. The van der Waals surface area contributed by atoms with Gasteiger partial charge in [0, 0.05) is 23.7 Å². The average molecular weight is 495 g/mol. The molecule has 36 heavy (non-hydrogen) atoms. The molecule has 0 saturated carbocycles. The molecule has 1 amide bonds. The van der Waals surface area contributed by atoms with Crippen molar-refractivity contribution < 1.29 is 19.0 Å². The van der Waals surface area contributed by atoms with Crippen molar-refractivity contribution in [3.8, 4) is 0 Å². The number of nitrogens with one attached hydrogen (secondary N) is 4. The summed E-state index contributed by atoms with van der Waals surface area (Å²) < 4.78 is 20.0. The van der Waals surface area contributed by atoms with E-state index < -0.39 is 17.1 Å². The first-order valence-electron chi connectivity index (χ1n) is 11.3. The van der Waals surface area contributed by atoms with Crippen LogP contribution in [-0.4, -0.2) is 56.0 Å². The molecule has 1 atom stereocenters. The highest BCUT2D eigenvalue weighted by atomic mass is 19.1. The number of fused-ring (bicyclic) bond motifs is 1. The molecule has 12 heteroatoms. The van der Waals surface area contributed by atoms with Crippen LogP contribution in [0.3, 0.4) is 0 Å². The number of benzene rings is 1. The Balaban J connectivity index is 1.55. The van der Waals surface area contributed by atoms with E-state index in [-0.39, 0.29) is 34.7 Å². The van der Waals surface area contributed by atoms with Crippen LogP contribution in [0.4, 0.5) is 21.8 Å². The van der Waals surface area contributed by atoms with Crippen LogP contribution < -0.4 is 16.0 Å². The standard InChI is InChI=1S/C24H27FN8O3/c1-24(2,3)18(34)9-19(26)32-22(35)13-4-5-15(25)16(8-13)31-21-20-17(28-12-29-21)10-27-23(33-20)30-14-6-7-36-11-14/h4-5,8-10,12,14,34H,6-7,11H2,1-3H3,(H2,26,32,35)(H,27,30,33)(H,28,29,31)/b18-9-. The molecule has 1 fully saturated rings. The second kappa shape index (κ2) is 10.2. The highest BCUT2D eigenvalue weighted by Gasteiger charge is 2.19. The molecule has 0 spiro atoms. The molecule has 11 nitrogen and oxygen atoms in total. The Kier molecular flexibility index (Phi) is 7.06. The molecular weight excluding hydrogens is 467 g/mol. The molecule has 4 rings (SSSR count). The van der Waals surface area contributed by atoms with Gasteiger partial charge in [0.05, 0.1) is 24.5 Å². The van der Waals surface area contributed by atoms with Crippen LogP contribution in [0.15, 0.2) is 42.6 Å². The number of aliphatic hydroxyl groups is 1. The number of aliphatic hydroxyl groups excluding tert-OH is 1. The Labute approximate surface area is 206 Å². The van der Waals surface area contributed by atoms with Gasteiger partial charge in [-0.2, -0.15) is 0 Å². The lowest BCUT2D eigenvalue weighted by Crippen LogP contribution is -2.29. The largest absolute Gasteiger partial charge is 0.512 e. The van der Waals surface area contributed by atoms with Crippen molar-refractivity contribution in [1.29, 1.82) is 5.41 Å². The van der Waals surface area contributed by atoms with Crippen LogP contribution in [-0.2, 0) is 4.74 Å². The third kappa shape index (κ3) is 5.89. The quantitative estimate of drug-likeness (QED) is 0.196. The fourth-order valence-corrected chi connectivity index (χ4v) is 3.32. The zero-order valence-electron chi connectivity index (χ0n) is 20.1. The lowest BCUT2D eigenvalue weighted by Gasteiger charge is -2.17. The van der Waals surface area contributed by atoms with Gasteiger partial charge in [-0.3, -0.25) is 10.2 Å². The Morgan fingerprint density at radius 2 is 2.08 bits per heavy atom. The monoisotopic (exact) mass is 494 g/mol. The minimum atomic E-state index is -0.638. The fourth-order valence-electron chi connectivity index (χ4n) is 3.32. The number of rotatable bonds is 6. The number of anilines is 3. The summed E-state index contributed by atoms with van der Waals surface area (Å²) in [4.78, 5) is 29.8. The first kappa shape index (κ1) is 24.9. The van der Waals surface area contributed by atoms with Crippen LogP contribution in [0.5, 0.6) is 0 Å². The number of carbonyl (C=O) groups is 1. The van der Waals surface area contributed by atoms with Crippen molar-refractivity contribution in [2.45, 2.75) is 33.2 Å². The van der Waals surface area contributed by atoms with Gasteiger partial charge < -0.3 is 25.8 Å². The summed E-state index contributed by atoms with van der Waals surface area (Å²) in [6.07, 6.45) is 4.84. The zero-order valence-corrected chi connectivity index (χ0v) is 20.1. The number of hydrogen-bond donors (Lipinski definition) is 5. The lowest BCUT2D eigenvalue weighted by atomic mass is 9.93. The first-order valence-corrected chi connectivity index (χ1v) is 11.3. The average Bonchev–Trinajstić information content (AvgIpc) is 3.33. The molecule has 0 bridgehead atoms. The summed E-state index contributed by atoms with van der Waals surface area (Å²) >= 11 is 0. The highest BCUT2D eigenvalue weighted by molar-refractivity contribution is 6.09. The topological polar surface area (TPSA) is 158 Å². The summed E-state index contributed by atoms with van der Waals surface area (Å²) in [5.41, 5.74) is 0.332. The van der Waals surface area contributed by atoms with Gasteiger partial charge in [-0.15, -0.1) is 0 Å². The van der Waals surface area contributed by atoms with E-state index in [0.717, 1.165) is 18.6 Å². The fraction of sp³-hybridized carbons (Fsp3) is 0.333. The molecule has 3 aromatic rings. The first-order chi connectivity index (χ1) is 17.1. The normalized spacial score (nSPS) is 16.1. The van der Waals surface area contributed by atoms with Crippen LogP contribution in [0.2, 0.25) is 0 Å². The van der Waals surface area contributed by atoms with E-state index in [2.05, 4.69) is 35.9 Å². The van der Waals surface area contributed by atoms with E-state index in [4.69, 9.17) is 10.1 Å². The predicted molar refractivity (Wildman–Crippen MR) is 133 cm³/mol. The Morgan fingerprint density at radius 1 is 1.28 bits per heavy atom. The second-order valence-corrected chi connectivity index (χ2v) is 9.32. The maximum absolute atomic E-state index is 14.7. The molecule has 5 N–H and O–H groups in total. The van der Waals surface area contributed by atoms with Gasteiger partial charge in [0.2, 0.25) is 5.95 Å². The molecule has 1 aromatic carbocycles. The van der Waals surface area contributed by atoms with Gasteiger partial charge in [-0.05, 0) is 24.6 Å². The van der Waals surface area contributed by atoms with Gasteiger partial charge in [0.15, 0.2) is 5.82 Å². The molecule has 1 aliphatic heterocycles. The molecule has 1 unspecified atom stereocenters. The van der Waals surface area contributed by atoms with Crippen LogP contribution in [0, 0.1) is 16.6 Å². The molecule has 3 heterocycles. The molecule has 0 aliphatic carbocycles. The summed E-state index contributed by atoms with van der Waals surface area (Å²) in [6.45, 7) is 6.54. The number of amidine groups is 1. The van der Waals surface area contributed by atoms with Crippen molar-refractivity contribution in [3.05, 3.63) is 53.9 Å². The highest BCUT2D eigenvalue weighted by Crippen LogP contribution is 2.25. The molecule has 1 saturated heterocycles. The Hall–Kier alpha value is -4.19. The summed E-state index contributed by atoms with van der Waals surface area (Å²) in [5.74, 6) is -1.00. The van der Waals surface area contributed by atoms with Crippen LogP contribution in [0.1, 0.15) is 37.6 Å². The number of halogens is 1. The lowest BCUT2D eigenvalue weighted by molar-refractivity contribution is 0.0977. The third-order valence-electron chi connectivity index (χ3n) is 5.42. The zero-order chi connectivity index (χ0) is 25.9. The molecule has 188 valence electrons. The van der Waals surface area contributed by atoms with Gasteiger partial charge >= 0.3 is 0 Å². The van der Waals surface area contributed by atoms with Gasteiger partial charge in [0.1, 0.15) is 34.8 Å². The van der Waals surface area contributed by atoms with Crippen LogP contribution >= 0.6 is 0 Å². The van der Waals surface area contributed by atoms with E-state index in [1.54, 1.807) is 27.0 Å². The van der Waals surface area contributed by atoms with Gasteiger partial charge in [-0.1, -0.05) is 20.8 Å². The molecule has 1 aliphatic rings. The minimum Gasteiger partial charge on any atom is -0.512 e. The van der Waals surface area contributed by atoms with Crippen LogP contribution in [0.25, 0.3) is 11.0 Å². The van der Waals surface area contributed by atoms with Crippen molar-refractivity contribution in [2.24, 2.45) is 5.41 Å². The van der Waals surface area contributed by atoms with E-state index in [1.165, 1.54) is 18.5 Å². The van der Waals surface area contributed by atoms with Crippen molar-refractivity contribution in [1.82, 2.24) is 25.3 Å². The number of nitrogens with zero attached hydrogens (tertiary/aromatic N) is 4. The van der Waals surface area contributed by atoms with E-state index in [1.807, 2.05) is 0 Å². The van der Waals surface area contributed by atoms with E-state index >= 15 is 0 Å². The van der Waals surface area contributed by atoms with E-state index in [9.17, 15) is 14.3 Å². The SMILES string of the molecule is CC(C)(C)/C(O)=C/C(=N)NC(=O)c1ccc(F)c(Nc2ncnc3cnc(NC4CCOC4)nc23)c1. The minimum absolute atomic E-state index is 0.0143. The summed E-state index contributed by atoms with van der Waals surface area (Å²) in [7, 11) is 0. The number of allylic oxidation sites excluding steroid dienone is 1. The molecule has 0 radical (unpaired) electrons. The summed E-state index contributed by atoms with van der Waals surface area (Å²) in [5, 5.41) is 26.4. The maximum Gasteiger partial charge on any atom is 0.256 e. The number of aromatic nitrogens is 4. The summed E-state index contributed by atoms with van der Waals surface area (Å²) in [6, 6.07) is 3.82. The number of ether oxygens (including phenoxy) is 1. The van der Waals surface area contributed by atoms with E-state index in [0.29, 0.717) is 30.2 Å². The number of carbonyl (C=O) groups excluding carboxylic acids is 1. The van der Waals surface area contributed by atoms with Crippen molar-refractivity contribution in [3.63, 3.8) is 0 Å². The second-order valence-electron chi connectivity index (χ2n) is 9.32. The van der Waals surface area contributed by atoms with Crippen molar-refractivity contribution in [2.75, 3.05) is 23.8 Å². The predicted octanol–water partition coefficient (Wildman–Crippen LogP) is 3.70. The van der Waals surface area contributed by atoms with Crippen molar-refractivity contribution >= 4 is 40.2 Å². The smallest absolute Gasteiger partial charge is 0.256 e. The van der Waals surface area contributed by atoms with Gasteiger partial charge in [-0.25, -0.2) is 24.3 Å².